The van der Waals surface area contributed by atoms with E-state index < -0.39 is 4.92 Å². The molecule has 0 heterocycles. The summed E-state index contributed by atoms with van der Waals surface area (Å²) in [7, 11) is 0. The molecular weight excluding hydrogens is 262 g/mol. The summed E-state index contributed by atoms with van der Waals surface area (Å²) in [6.45, 7) is 4.27. The minimum absolute atomic E-state index is 0.0507. The Morgan fingerprint density at radius 2 is 2.33 bits per heavy atom. The highest BCUT2D eigenvalue weighted by Crippen LogP contribution is 2.28. The zero-order chi connectivity index (χ0) is 11.3. The number of halogens is 1. The van der Waals surface area contributed by atoms with E-state index in [1.807, 2.05) is 0 Å². The van der Waals surface area contributed by atoms with Gasteiger partial charge in [0.05, 0.1) is 18.1 Å². The van der Waals surface area contributed by atoms with Crippen molar-refractivity contribution >= 4 is 21.6 Å². The molecule has 0 saturated heterocycles. The second-order valence-corrected chi connectivity index (χ2v) is 3.60. The van der Waals surface area contributed by atoms with E-state index in [0.717, 1.165) is 5.56 Å². The minimum atomic E-state index is -0.429. The van der Waals surface area contributed by atoms with Gasteiger partial charge in [0.2, 0.25) is 0 Å². The smallest absolute Gasteiger partial charge is 0.283 e. The van der Waals surface area contributed by atoms with E-state index >= 15 is 0 Å². The molecule has 1 aromatic rings. The van der Waals surface area contributed by atoms with Crippen LogP contribution in [-0.4, -0.2) is 11.5 Å². The summed E-state index contributed by atoms with van der Waals surface area (Å²) in [5, 5.41) is 10.6. The Balaban J connectivity index is 2.84. The molecule has 0 fully saturated rings. The quantitative estimate of drug-likeness (QED) is 0.358. The normalized spacial score (nSPS) is 9.93. The number of ether oxygens (including phenoxy) is 1. The second kappa shape index (κ2) is 5.63. The molecule has 0 aromatic heterocycles. The first kappa shape index (κ1) is 11.9. The summed E-state index contributed by atoms with van der Waals surface area (Å²) in [5.41, 5.74) is 0.806. The van der Waals surface area contributed by atoms with Gasteiger partial charge in [0.15, 0.2) is 0 Å². The van der Waals surface area contributed by atoms with Crippen molar-refractivity contribution in [1.29, 1.82) is 0 Å². The summed E-state index contributed by atoms with van der Waals surface area (Å²) in [4.78, 5) is 10.2. The topological polar surface area (TPSA) is 52.4 Å². The lowest BCUT2D eigenvalue weighted by Gasteiger charge is -2.04. The number of rotatable bonds is 5. The van der Waals surface area contributed by atoms with Gasteiger partial charge in [-0.3, -0.25) is 10.1 Å². The van der Waals surface area contributed by atoms with Crippen LogP contribution in [0.1, 0.15) is 5.56 Å². The minimum Gasteiger partial charge on any atom is -0.373 e. The predicted molar refractivity (Wildman–Crippen MR) is 60.6 cm³/mol. The van der Waals surface area contributed by atoms with Crippen LogP contribution in [0.3, 0.4) is 0 Å². The Labute approximate surface area is 95.8 Å². The highest BCUT2D eigenvalue weighted by molar-refractivity contribution is 9.10. The van der Waals surface area contributed by atoms with E-state index in [-0.39, 0.29) is 5.69 Å². The van der Waals surface area contributed by atoms with E-state index in [2.05, 4.69) is 22.5 Å². The Morgan fingerprint density at radius 3 is 2.93 bits per heavy atom. The molecule has 0 aliphatic carbocycles. The summed E-state index contributed by atoms with van der Waals surface area (Å²) in [5.74, 6) is 0. The zero-order valence-electron chi connectivity index (χ0n) is 7.98. The van der Waals surface area contributed by atoms with Crippen LogP contribution in [0.2, 0.25) is 0 Å². The van der Waals surface area contributed by atoms with Crippen LogP contribution in [0, 0.1) is 10.1 Å². The van der Waals surface area contributed by atoms with Crippen molar-refractivity contribution in [3.8, 4) is 0 Å². The molecule has 80 valence electrons. The molecule has 5 heteroatoms. The first-order chi connectivity index (χ1) is 7.16. The van der Waals surface area contributed by atoms with Crippen molar-refractivity contribution in [2.24, 2.45) is 0 Å². The maximum Gasteiger partial charge on any atom is 0.283 e. The number of hydrogen-bond donors (Lipinski definition) is 0. The summed E-state index contributed by atoms with van der Waals surface area (Å²) in [6, 6.07) is 4.86. The Hall–Kier alpha value is -1.20. The van der Waals surface area contributed by atoms with Gasteiger partial charge in [-0.15, -0.1) is 6.58 Å². The molecule has 0 amide bonds. The molecular formula is C10H10BrNO3. The molecule has 0 bridgehead atoms. The number of nitro benzene ring substituents is 1. The fourth-order valence-corrected chi connectivity index (χ4v) is 1.59. The van der Waals surface area contributed by atoms with Gasteiger partial charge in [0.25, 0.3) is 5.69 Å². The first-order valence-corrected chi connectivity index (χ1v) is 5.06. The molecule has 1 aromatic carbocycles. The third-order valence-corrected chi connectivity index (χ3v) is 2.66. The van der Waals surface area contributed by atoms with E-state index in [1.54, 1.807) is 18.2 Å². The predicted octanol–water partition coefficient (Wildman–Crippen LogP) is 3.06. The van der Waals surface area contributed by atoms with Crippen LogP contribution in [0.4, 0.5) is 5.69 Å². The fourth-order valence-electron chi connectivity index (χ4n) is 1.07. The third kappa shape index (κ3) is 3.14. The fraction of sp³-hybridized carbons (Fsp3) is 0.200. The molecule has 0 aliphatic heterocycles. The SMILES string of the molecule is C=CCOCc1cccc([N+](=O)[O-])c1Br. The van der Waals surface area contributed by atoms with Gasteiger partial charge in [-0.25, -0.2) is 0 Å². The zero-order valence-corrected chi connectivity index (χ0v) is 9.57. The number of benzene rings is 1. The van der Waals surface area contributed by atoms with Gasteiger partial charge >= 0.3 is 0 Å². The van der Waals surface area contributed by atoms with Crippen LogP contribution in [0.25, 0.3) is 0 Å². The average Bonchev–Trinajstić information content (AvgIpc) is 2.20. The van der Waals surface area contributed by atoms with Crippen molar-refractivity contribution in [3.63, 3.8) is 0 Å². The molecule has 15 heavy (non-hydrogen) atoms. The van der Waals surface area contributed by atoms with Crippen LogP contribution in [-0.2, 0) is 11.3 Å². The standard InChI is InChI=1S/C10H10BrNO3/c1-2-6-15-7-8-4-3-5-9(10(8)11)12(13)14/h2-5H,1,6-7H2. The number of nitrogens with zero attached hydrogens (tertiary/aromatic N) is 1. The third-order valence-electron chi connectivity index (χ3n) is 1.75. The van der Waals surface area contributed by atoms with E-state index in [4.69, 9.17) is 4.74 Å². The van der Waals surface area contributed by atoms with Gasteiger partial charge in [-0.1, -0.05) is 18.2 Å². The van der Waals surface area contributed by atoms with Gasteiger partial charge in [0, 0.05) is 6.07 Å². The Kier molecular flexibility index (Phi) is 4.45. The summed E-state index contributed by atoms with van der Waals surface area (Å²) >= 11 is 3.19. The molecule has 0 unspecified atom stereocenters. The summed E-state index contributed by atoms with van der Waals surface area (Å²) in [6.07, 6.45) is 1.63. The van der Waals surface area contributed by atoms with Crippen LogP contribution < -0.4 is 0 Å². The first-order valence-electron chi connectivity index (χ1n) is 4.27. The van der Waals surface area contributed by atoms with Gasteiger partial charge in [0.1, 0.15) is 4.47 Å². The molecule has 1 rings (SSSR count). The lowest BCUT2D eigenvalue weighted by atomic mass is 10.2. The van der Waals surface area contributed by atoms with E-state index in [1.165, 1.54) is 6.07 Å². The maximum absolute atomic E-state index is 10.6. The molecule has 0 radical (unpaired) electrons. The highest BCUT2D eigenvalue weighted by atomic mass is 79.9. The second-order valence-electron chi connectivity index (χ2n) is 2.81. The molecule has 0 aliphatic rings. The lowest BCUT2D eigenvalue weighted by molar-refractivity contribution is -0.385. The average molecular weight is 272 g/mol. The maximum atomic E-state index is 10.6. The van der Waals surface area contributed by atoms with Crippen LogP contribution in [0.15, 0.2) is 35.3 Å². The number of hydrogen-bond acceptors (Lipinski definition) is 3. The van der Waals surface area contributed by atoms with Crippen molar-refractivity contribution in [3.05, 3.63) is 51.0 Å². The van der Waals surface area contributed by atoms with Crippen molar-refractivity contribution in [1.82, 2.24) is 0 Å². The Morgan fingerprint density at radius 1 is 1.60 bits per heavy atom. The lowest BCUT2D eigenvalue weighted by Crippen LogP contribution is -1.97. The van der Waals surface area contributed by atoms with Crippen molar-refractivity contribution < 1.29 is 9.66 Å². The van der Waals surface area contributed by atoms with Gasteiger partial charge in [-0.2, -0.15) is 0 Å². The van der Waals surface area contributed by atoms with Crippen LogP contribution in [0.5, 0.6) is 0 Å². The Bertz CT molecular complexity index is 379. The van der Waals surface area contributed by atoms with Crippen molar-refractivity contribution in [2.75, 3.05) is 6.61 Å². The monoisotopic (exact) mass is 271 g/mol. The van der Waals surface area contributed by atoms with Crippen molar-refractivity contribution in [2.45, 2.75) is 6.61 Å². The van der Waals surface area contributed by atoms with E-state index in [9.17, 15) is 10.1 Å². The largest absolute Gasteiger partial charge is 0.373 e. The number of nitro groups is 1. The van der Waals surface area contributed by atoms with Gasteiger partial charge < -0.3 is 4.74 Å². The molecule has 0 atom stereocenters. The van der Waals surface area contributed by atoms with Gasteiger partial charge in [-0.05, 0) is 21.5 Å². The van der Waals surface area contributed by atoms with Crippen LogP contribution >= 0.6 is 15.9 Å². The van der Waals surface area contributed by atoms with E-state index in [0.29, 0.717) is 17.7 Å². The molecule has 4 nitrogen and oxygen atoms in total. The highest BCUT2D eigenvalue weighted by Gasteiger charge is 2.14. The molecule has 0 N–H and O–H groups in total. The molecule has 0 spiro atoms. The molecule has 0 saturated carbocycles. The summed E-state index contributed by atoms with van der Waals surface area (Å²) < 4.78 is 5.69.